The third kappa shape index (κ3) is 4.35. The van der Waals surface area contributed by atoms with Crippen molar-refractivity contribution in [2.75, 3.05) is 46.5 Å². The standard InChI is InChI=1S/C18H23FN2O4/c1-20-11-18(13-24-10-17(20)23)12-21(7-8-25-18)16(22)6-5-14-3-2-4-15(19)9-14/h2-4,9H,5-8,10-13H2,1H3. The molecule has 2 saturated heterocycles. The number of morpholine rings is 1. The van der Waals surface area contributed by atoms with Gasteiger partial charge in [-0.15, -0.1) is 0 Å². The van der Waals surface area contributed by atoms with Crippen LogP contribution >= 0.6 is 0 Å². The van der Waals surface area contributed by atoms with Gasteiger partial charge in [0.1, 0.15) is 18.0 Å². The van der Waals surface area contributed by atoms with Crippen LogP contribution in [-0.2, 0) is 25.5 Å². The fourth-order valence-electron chi connectivity index (χ4n) is 3.34. The molecule has 2 fully saturated rings. The van der Waals surface area contributed by atoms with E-state index in [2.05, 4.69) is 0 Å². The summed E-state index contributed by atoms with van der Waals surface area (Å²) < 4.78 is 24.6. The van der Waals surface area contributed by atoms with Crippen LogP contribution in [0.15, 0.2) is 24.3 Å². The van der Waals surface area contributed by atoms with Gasteiger partial charge in [-0.3, -0.25) is 9.59 Å². The lowest BCUT2D eigenvalue weighted by atomic mass is 10.0. The highest BCUT2D eigenvalue weighted by Crippen LogP contribution is 2.23. The van der Waals surface area contributed by atoms with E-state index in [-0.39, 0.29) is 30.8 Å². The van der Waals surface area contributed by atoms with Crippen molar-refractivity contribution in [3.8, 4) is 0 Å². The second kappa shape index (κ2) is 7.49. The molecule has 0 aromatic heterocycles. The van der Waals surface area contributed by atoms with Crippen molar-refractivity contribution >= 4 is 11.8 Å². The molecule has 3 rings (SSSR count). The number of halogens is 1. The first-order chi connectivity index (χ1) is 12.0. The van der Waals surface area contributed by atoms with Gasteiger partial charge in [-0.1, -0.05) is 12.1 Å². The van der Waals surface area contributed by atoms with Crippen molar-refractivity contribution in [1.29, 1.82) is 0 Å². The molecular weight excluding hydrogens is 327 g/mol. The molecule has 1 spiro atoms. The Morgan fingerprint density at radius 1 is 1.36 bits per heavy atom. The maximum absolute atomic E-state index is 13.2. The third-order valence-electron chi connectivity index (χ3n) is 4.66. The summed E-state index contributed by atoms with van der Waals surface area (Å²) >= 11 is 0. The van der Waals surface area contributed by atoms with Crippen molar-refractivity contribution in [1.82, 2.24) is 9.80 Å². The van der Waals surface area contributed by atoms with Crippen LogP contribution in [0.3, 0.4) is 0 Å². The van der Waals surface area contributed by atoms with E-state index in [9.17, 15) is 14.0 Å². The molecule has 136 valence electrons. The molecule has 2 heterocycles. The number of rotatable bonds is 3. The van der Waals surface area contributed by atoms with Gasteiger partial charge >= 0.3 is 0 Å². The summed E-state index contributed by atoms with van der Waals surface area (Å²) in [6, 6.07) is 6.31. The average Bonchev–Trinajstić information content (AvgIpc) is 2.72. The number of nitrogens with zero attached hydrogens (tertiary/aromatic N) is 2. The van der Waals surface area contributed by atoms with Crippen LogP contribution in [0.25, 0.3) is 0 Å². The average molecular weight is 350 g/mol. The van der Waals surface area contributed by atoms with Crippen LogP contribution < -0.4 is 0 Å². The van der Waals surface area contributed by atoms with Gasteiger partial charge < -0.3 is 19.3 Å². The largest absolute Gasteiger partial charge is 0.368 e. The third-order valence-corrected chi connectivity index (χ3v) is 4.66. The molecule has 0 radical (unpaired) electrons. The van der Waals surface area contributed by atoms with Crippen molar-refractivity contribution in [2.24, 2.45) is 0 Å². The Hall–Kier alpha value is -1.99. The van der Waals surface area contributed by atoms with Gasteiger partial charge in [0.2, 0.25) is 11.8 Å². The summed E-state index contributed by atoms with van der Waals surface area (Å²) in [5.74, 6) is -0.376. The van der Waals surface area contributed by atoms with Crippen LogP contribution in [-0.4, -0.2) is 73.7 Å². The van der Waals surface area contributed by atoms with Crippen molar-refractivity contribution < 1.29 is 23.5 Å². The molecule has 1 atom stereocenters. The number of hydrogen-bond donors (Lipinski definition) is 0. The zero-order chi connectivity index (χ0) is 17.9. The summed E-state index contributed by atoms with van der Waals surface area (Å²) in [4.78, 5) is 27.7. The molecule has 2 aliphatic rings. The highest BCUT2D eigenvalue weighted by atomic mass is 19.1. The lowest BCUT2D eigenvalue weighted by molar-refractivity contribution is -0.161. The minimum atomic E-state index is -0.673. The molecule has 0 saturated carbocycles. The monoisotopic (exact) mass is 350 g/mol. The number of hydrogen-bond acceptors (Lipinski definition) is 4. The number of likely N-dealkylation sites (N-methyl/N-ethyl adjacent to an activating group) is 1. The summed E-state index contributed by atoms with van der Waals surface area (Å²) in [6.07, 6.45) is 0.811. The first-order valence-corrected chi connectivity index (χ1v) is 8.45. The molecule has 25 heavy (non-hydrogen) atoms. The SMILES string of the molecule is CN1CC2(COCC1=O)CN(C(=O)CCc1cccc(F)c1)CCO2. The van der Waals surface area contributed by atoms with Crippen LogP contribution in [0.4, 0.5) is 4.39 Å². The fraction of sp³-hybridized carbons (Fsp3) is 0.556. The van der Waals surface area contributed by atoms with Gasteiger partial charge in [-0.2, -0.15) is 0 Å². The first-order valence-electron chi connectivity index (χ1n) is 8.45. The van der Waals surface area contributed by atoms with Gasteiger partial charge in [0.05, 0.1) is 26.3 Å². The van der Waals surface area contributed by atoms with Gasteiger partial charge in [0.15, 0.2) is 0 Å². The van der Waals surface area contributed by atoms with E-state index in [0.717, 1.165) is 5.56 Å². The number of benzene rings is 1. The second-order valence-corrected chi connectivity index (χ2v) is 6.72. The Bertz CT molecular complexity index is 654. The first kappa shape index (κ1) is 17.8. The highest BCUT2D eigenvalue weighted by molar-refractivity contribution is 5.78. The molecule has 1 aromatic carbocycles. The molecule has 0 N–H and O–H groups in total. The molecule has 6 nitrogen and oxygen atoms in total. The van der Waals surface area contributed by atoms with Crippen LogP contribution in [0.2, 0.25) is 0 Å². The predicted octanol–water partition coefficient (Wildman–Crippen LogP) is 0.845. The maximum atomic E-state index is 13.2. The van der Waals surface area contributed by atoms with E-state index < -0.39 is 5.60 Å². The highest BCUT2D eigenvalue weighted by Gasteiger charge is 2.42. The maximum Gasteiger partial charge on any atom is 0.248 e. The van der Waals surface area contributed by atoms with Crippen molar-refractivity contribution in [2.45, 2.75) is 18.4 Å². The minimum Gasteiger partial charge on any atom is -0.368 e. The van der Waals surface area contributed by atoms with Gasteiger partial charge in [-0.05, 0) is 24.1 Å². The summed E-state index contributed by atoms with van der Waals surface area (Å²) in [6.45, 7) is 2.05. The zero-order valence-electron chi connectivity index (χ0n) is 14.4. The van der Waals surface area contributed by atoms with E-state index >= 15 is 0 Å². The Balaban J connectivity index is 1.60. The summed E-state index contributed by atoms with van der Waals surface area (Å²) in [5, 5.41) is 0. The molecular formula is C18H23FN2O4. The van der Waals surface area contributed by atoms with Crippen molar-refractivity contribution in [3.05, 3.63) is 35.6 Å². The minimum absolute atomic E-state index is 0.00478. The number of carbonyl (C=O) groups is 2. The summed E-state index contributed by atoms with van der Waals surface area (Å²) in [5.41, 5.74) is 0.132. The summed E-state index contributed by atoms with van der Waals surface area (Å²) in [7, 11) is 1.72. The van der Waals surface area contributed by atoms with Gasteiger partial charge in [0, 0.05) is 20.0 Å². The van der Waals surface area contributed by atoms with Crippen LogP contribution in [0, 0.1) is 5.82 Å². The van der Waals surface area contributed by atoms with E-state index in [1.807, 2.05) is 6.07 Å². The van der Waals surface area contributed by atoms with E-state index in [4.69, 9.17) is 9.47 Å². The molecule has 2 amide bonds. The topological polar surface area (TPSA) is 59.1 Å². The Morgan fingerprint density at radius 2 is 2.20 bits per heavy atom. The molecule has 7 heteroatoms. The molecule has 1 aromatic rings. The number of aryl methyl sites for hydroxylation is 1. The van der Waals surface area contributed by atoms with Crippen LogP contribution in [0.1, 0.15) is 12.0 Å². The van der Waals surface area contributed by atoms with Crippen molar-refractivity contribution in [3.63, 3.8) is 0 Å². The molecule has 0 aliphatic carbocycles. The van der Waals surface area contributed by atoms with Crippen LogP contribution in [0.5, 0.6) is 0 Å². The number of ether oxygens (including phenoxy) is 2. The Kier molecular flexibility index (Phi) is 5.34. The second-order valence-electron chi connectivity index (χ2n) is 6.72. The lowest BCUT2D eigenvalue weighted by Gasteiger charge is -2.42. The van der Waals surface area contributed by atoms with Gasteiger partial charge in [0.25, 0.3) is 0 Å². The number of amides is 2. The quantitative estimate of drug-likeness (QED) is 0.811. The Labute approximate surface area is 146 Å². The van der Waals surface area contributed by atoms with E-state index in [1.54, 1.807) is 22.9 Å². The normalized spacial score (nSPS) is 24.5. The zero-order valence-corrected chi connectivity index (χ0v) is 14.4. The fourth-order valence-corrected chi connectivity index (χ4v) is 3.34. The molecule has 0 bridgehead atoms. The van der Waals surface area contributed by atoms with E-state index in [1.165, 1.54) is 12.1 Å². The van der Waals surface area contributed by atoms with E-state index in [0.29, 0.717) is 39.1 Å². The Morgan fingerprint density at radius 3 is 3.00 bits per heavy atom. The van der Waals surface area contributed by atoms with Gasteiger partial charge in [-0.25, -0.2) is 4.39 Å². The number of carbonyl (C=O) groups excluding carboxylic acids is 2. The lowest BCUT2D eigenvalue weighted by Crippen LogP contribution is -2.59. The molecule has 2 aliphatic heterocycles. The predicted molar refractivity (Wildman–Crippen MR) is 88.4 cm³/mol. The smallest absolute Gasteiger partial charge is 0.248 e. The molecule has 1 unspecified atom stereocenters.